The van der Waals surface area contributed by atoms with Crippen molar-refractivity contribution in [3.8, 4) is 5.75 Å². The summed E-state index contributed by atoms with van der Waals surface area (Å²) in [6, 6.07) is 7.23. The van der Waals surface area contributed by atoms with Gasteiger partial charge in [0.25, 0.3) is 5.71 Å². The van der Waals surface area contributed by atoms with Crippen LogP contribution < -0.4 is 9.64 Å². The minimum absolute atomic E-state index is 0.171. The zero-order valence-electron chi connectivity index (χ0n) is 12.6. The van der Waals surface area contributed by atoms with Crippen LogP contribution in [-0.2, 0) is 4.79 Å². The second-order valence-electron chi connectivity index (χ2n) is 5.04. The van der Waals surface area contributed by atoms with Crippen molar-refractivity contribution >= 4 is 40.8 Å². The highest BCUT2D eigenvalue weighted by atomic mass is 32.2. The average Bonchev–Trinajstić information content (AvgIpc) is 3.21. The summed E-state index contributed by atoms with van der Waals surface area (Å²) in [6.07, 6.45) is 3.21. The molecule has 24 heavy (non-hydrogen) atoms. The van der Waals surface area contributed by atoms with Crippen LogP contribution in [0, 0.1) is 0 Å². The number of thioether (sulfide) groups is 1. The third kappa shape index (κ3) is 2.50. The predicted octanol–water partition coefficient (Wildman–Crippen LogP) is 3.42. The summed E-state index contributed by atoms with van der Waals surface area (Å²) in [4.78, 5) is 18.1. The van der Waals surface area contributed by atoms with E-state index in [4.69, 9.17) is 13.6 Å². The highest BCUT2D eigenvalue weighted by molar-refractivity contribution is 8.03. The molecule has 1 aromatic carbocycles. The Morgan fingerprint density at radius 3 is 3.08 bits per heavy atom. The molecule has 0 unspecified atom stereocenters. The molecule has 0 radical (unpaired) electrons. The van der Waals surface area contributed by atoms with Crippen LogP contribution in [0.4, 0.5) is 5.69 Å². The van der Waals surface area contributed by atoms with Crippen molar-refractivity contribution in [2.75, 3.05) is 18.6 Å². The van der Waals surface area contributed by atoms with Crippen LogP contribution in [0.3, 0.4) is 0 Å². The first kappa shape index (κ1) is 14.7. The number of carboxylic acid groups (broad SMARTS) is 1. The zero-order valence-corrected chi connectivity index (χ0v) is 13.4. The van der Waals surface area contributed by atoms with Gasteiger partial charge >= 0.3 is 5.97 Å². The van der Waals surface area contributed by atoms with Crippen LogP contribution in [-0.4, -0.2) is 29.7 Å². The van der Waals surface area contributed by atoms with Crippen LogP contribution in [0.15, 0.2) is 49.3 Å². The molecule has 0 atom stereocenters. The Bertz CT molecular complexity index is 930. The van der Waals surface area contributed by atoms with Crippen molar-refractivity contribution in [2.24, 2.45) is 0 Å². The topological polar surface area (TPSA) is 88.9 Å². The quantitative estimate of drug-likeness (QED) is 0.770. The van der Waals surface area contributed by atoms with E-state index in [0.29, 0.717) is 28.0 Å². The second kappa shape index (κ2) is 5.64. The molecule has 3 aromatic rings. The number of hydrogen-bond donors (Lipinski definition) is 1. The lowest BCUT2D eigenvalue weighted by Gasteiger charge is -2.17. The fourth-order valence-electron chi connectivity index (χ4n) is 2.47. The summed E-state index contributed by atoms with van der Waals surface area (Å²) >= 11 is 1.45. The van der Waals surface area contributed by atoms with Gasteiger partial charge in [0.1, 0.15) is 12.3 Å². The van der Waals surface area contributed by atoms with Gasteiger partial charge in [-0.1, -0.05) is 11.8 Å². The number of fused-ring (bicyclic) bond motifs is 2. The zero-order chi connectivity index (χ0) is 16.7. The third-order valence-electron chi connectivity index (χ3n) is 3.51. The van der Waals surface area contributed by atoms with Crippen molar-refractivity contribution in [3.63, 3.8) is 0 Å². The average molecular weight is 344 g/mol. The van der Waals surface area contributed by atoms with Gasteiger partial charge in [-0.25, -0.2) is 0 Å². The fraction of sp³-hybridized carbons (Fsp3) is 0.125. The normalized spacial score (nSPS) is 15.2. The van der Waals surface area contributed by atoms with Crippen molar-refractivity contribution in [1.29, 1.82) is 0 Å². The Balaban J connectivity index is 1.75. The Morgan fingerprint density at radius 1 is 1.46 bits per heavy atom. The molecule has 0 aliphatic carbocycles. The Morgan fingerprint density at radius 2 is 2.33 bits per heavy atom. The largest absolute Gasteiger partial charge is 0.497 e. The molecule has 1 N–H and O–H groups in total. The maximum Gasteiger partial charge on any atom is 0.323 e. The number of anilines is 1. The number of furan rings is 1. The van der Waals surface area contributed by atoms with E-state index in [0.717, 1.165) is 10.6 Å². The van der Waals surface area contributed by atoms with Gasteiger partial charge in [0.2, 0.25) is 5.89 Å². The number of methoxy groups -OCH3 is 1. The van der Waals surface area contributed by atoms with Gasteiger partial charge in [-0.15, -0.1) is 0 Å². The van der Waals surface area contributed by atoms with Crippen LogP contribution >= 0.6 is 11.8 Å². The van der Waals surface area contributed by atoms with Crippen LogP contribution in [0.5, 0.6) is 5.75 Å². The van der Waals surface area contributed by atoms with Gasteiger partial charge in [-0.05, 0) is 12.1 Å². The molecule has 8 heteroatoms. The van der Waals surface area contributed by atoms with Gasteiger partial charge in [-0.2, -0.15) is 4.98 Å². The van der Waals surface area contributed by atoms with E-state index >= 15 is 0 Å². The summed E-state index contributed by atoms with van der Waals surface area (Å²) in [6.45, 7) is -0.171. The molecule has 3 heterocycles. The molecule has 0 amide bonds. The maximum absolute atomic E-state index is 11.3. The number of ether oxygens (including phenoxy) is 1. The Kier molecular flexibility index (Phi) is 3.46. The lowest BCUT2D eigenvalue weighted by Crippen LogP contribution is -2.25. The van der Waals surface area contributed by atoms with E-state index in [1.54, 1.807) is 24.2 Å². The van der Waals surface area contributed by atoms with Crippen molar-refractivity contribution in [1.82, 2.24) is 4.98 Å². The Labute approximate surface area is 140 Å². The molecule has 0 saturated carbocycles. The third-order valence-corrected chi connectivity index (χ3v) is 4.63. The fourth-order valence-corrected chi connectivity index (χ4v) is 3.53. The van der Waals surface area contributed by atoms with Gasteiger partial charge in [0, 0.05) is 23.1 Å². The molecule has 122 valence electrons. The highest BCUT2D eigenvalue weighted by Gasteiger charge is 2.28. The van der Waals surface area contributed by atoms with E-state index in [2.05, 4.69) is 4.98 Å². The van der Waals surface area contributed by atoms with Crippen LogP contribution in [0.25, 0.3) is 17.4 Å². The summed E-state index contributed by atoms with van der Waals surface area (Å²) in [5.74, 6) is 0.0972. The minimum atomic E-state index is -0.932. The summed E-state index contributed by atoms with van der Waals surface area (Å²) in [5.41, 5.74) is 1.74. The summed E-state index contributed by atoms with van der Waals surface area (Å²) in [5, 5.41) is 9.94. The first-order valence-electron chi connectivity index (χ1n) is 7.05. The van der Waals surface area contributed by atoms with E-state index in [1.165, 1.54) is 18.0 Å². The number of benzene rings is 1. The van der Waals surface area contributed by atoms with Crippen molar-refractivity contribution in [2.45, 2.75) is 4.90 Å². The molecule has 1 aliphatic rings. The first-order valence-corrected chi connectivity index (χ1v) is 7.86. The van der Waals surface area contributed by atoms with Crippen molar-refractivity contribution < 1.29 is 23.5 Å². The number of hydrogen-bond acceptors (Lipinski definition) is 7. The highest BCUT2D eigenvalue weighted by Crippen LogP contribution is 2.47. The molecule has 7 nitrogen and oxygen atoms in total. The number of oxazole rings is 1. The molecule has 0 bridgehead atoms. The molecule has 2 aromatic heterocycles. The second-order valence-corrected chi connectivity index (χ2v) is 6.10. The van der Waals surface area contributed by atoms with Gasteiger partial charge in [-0.3, -0.25) is 4.79 Å². The lowest BCUT2D eigenvalue weighted by atomic mass is 10.2. The SMILES string of the molecule is COc1ccc2c(c1)N(CC(=O)O)/C(=C/c1nc3occc3o1)S2. The van der Waals surface area contributed by atoms with Gasteiger partial charge in [0.15, 0.2) is 5.58 Å². The summed E-state index contributed by atoms with van der Waals surface area (Å²) < 4.78 is 16.0. The number of rotatable bonds is 4. The van der Waals surface area contributed by atoms with Gasteiger partial charge < -0.3 is 23.6 Å². The Hall–Kier alpha value is -2.87. The number of aliphatic carboxylic acids is 1. The number of nitrogens with zero attached hydrogens (tertiary/aromatic N) is 2. The maximum atomic E-state index is 11.3. The molecule has 4 rings (SSSR count). The molecule has 1 aliphatic heterocycles. The predicted molar refractivity (Wildman–Crippen MR) is 88.1 cm³/mol. The minimum Gasteiger partial charge on any atom is -0.497 e. The molecule has 0 fully saturated rings. The van der Waals surface area contributed by atoms with E-state index in [9.17, 15) is 9.90 Å². The number of carboxylic acids is 1. The van der Waals surface area contributed by atoms with Crippen molar-refractivity contribution in [3.05, 3.63) is 41.4 Å². The van der Waals surface area contributed by atoms with Crippen LogP contribution in [0.1, 0.15) is 5.89 Å². The van der Waals surface area contributed by atoms with Crippen LogP contribution in [0.2, 0.25) is 0 Å². The monoisotopic (exact) mass is 344 g/mol. The molecular weight excluding hydrogens is 332 g/mol. The number of aromatic nitrogens is 1. The van der Waals surface area contributed by atoms with Gasteiger partial charge in [0.05, 0.1) is 24.1 Å². The number of carbonyl (C=O) groups is 1. The molecule has 0 saturated heterocycles. The van der Waals surface area contributed by atoms with E-state index in [1.807, 2.05) is 18.2 Å². The smallest absolute Gasteiger partial charge is 0.323 e. The van der Waals surface area contributed by atoms with E-state index < -0.39 is 5.97 Å². The summed E-state index contributed by atoms with van der Waals surface area (Å²) in [7, 11) is 1.57. The standard InChI is InChI=1S/C16H12N2O5S/c1-21-9-2-3-12-10(6-9)18(8-15(19)20)14(24-12)7-13-17-16-11(23-13)4-5-22-16/h2-7H,8H2,1H3,(H,19,20)/b14-7-. The first-order chi connectivity index (χ1) is 11.6. The molecular formula is C16H12N2O5S. The lowest BCUT2D eigenvalue weighted by molar-refractivity contribution is -0.135. The van der Waals surface area contributed by atoms with E-state index in [-0.39, 0.29) is 6.54 Å². The molecule has 0 spiro atoms.